The lowest BCUT2D eigenvalue weighted by molar-refractivity contribution is 0.355. The zero-order chi connectivity index (χ0) is 17.6. The third-order valence-corrected chi connectivity index (χ3v) is 4.69. The molecule has 2 rings (SSSR count). The molecule has 0 saturated heterocycles. The highest BCUT2D eigenvalue weighted by Crippen LogP contribution is 2.28. The van der Waals surface area contributed by atoms with Gasteiger partial charge in [-0.25, -0.2) is 8.42 Å². The van der Waals surface area contributed by atoms with E-state index in [1.807, 2.05) is 0 Å². The molecule has 0 bridgehead atoms. The Morgan fingerprint density at radius 3 is 2.12 bits per heavy atom. The second-order valence-corrected chi connectivity index (χ2v) is 6.96. The van der Waals surface area contributed by atoms with Crippen LogP contribution in [0.1, 0.15) is 11.1 Å². The average molecular weight is 348 g/mol. The van der Waals surface area contributed by atoms with Gasteiger partial charge in [0.2, 0.25) is 0 Å². The standard InChI is InChI=1S/C18H20O5S/c1-21-16-7-4-15(5-8-16)13-24(19,20)11-10-14-6-9-17(22-2)18(12-14)23-3/h4-12H,13H2,1-3H3. The van der Waals surface area contributed by atoms with Crippen LogP contribution in [-0.4, -0.2) is 29.7 Å². The zero-order valence-corrected chi connectivity index (χ0v) is 14.7. The molecule has 0 spiro atoms. The summed E-state index contributed by atoms with van der Waals surface area (Å²) < 4.78 is 39.9. The quantitative estimate of drug-likeness (QED) is 0.768. The third-order valence-electron chi connectivity index (χ3n) is 3.40. The molecule has 128 valence electrons. The molecule has 0 aromatic heterocycles. The van der Waals surface area contributed by atoms with Gasteiger partial charge in [0.15, 0.2) is 21.3 Å². The van der Waals surface area contributed by atoms with Crippen LogP contribution >= 0.6 is 0 Å². The van der Waals surface area contributed by atoms with E-state index in [2.05, 4.69) is 0 Å². The van der Waals surface area contributed by atoms with Crippen molar-refractivity contribution in [2.75, 3.05) is 21.3 Å². The van der Waals surface area contributed by atoms with Crippen LogP contribution in [0.4, 0.5) is 0 Å². The summed E-state index contributed by atoms with van der Waals surface area (Å²) in [6.07, 6.45) is 1.54. The summed E-state index contributed by atoms with van der Waals surface area (Å²) in [7, 11) is 1.27. The topological polar surface area (TPSA) is 61.8 Å². The lowest BCUT2D eigenvalue weighted by Gasteiger charge is -2.07. The maximum absolute atomic E-state index is 12.2. The summed E-state index contributed by atoms with van der Waals surface area (Å²) in [6.45, 7) is 0. The number of benzene rings is 2. The summed E-state index contributed by atoms with van der Waals surface area (Å²) in [5, 5.41) is 1.21. The van der Waals surface area contributed by atoms with Crippen LogP contribution in [0.3, 0.4) is 0 Å². The van der Waals surface area contributed by atoms with Crippen LogP contribution in [0.5, 0.6) is 17.2 Å². The van der Waals surface area contributed by atoms with Gasteiger partial charge in [-0.1, -0.05) is 18.2 Å². The second-order valence-electron chi connectivity index (χ2n) is 5.07. The van der Waals surface area contributed by atoms with E-state index >= 15 is 0 Å². The van der Waals surface area contributed by atoms with Gasteiger partial charge in [0, 0.05) is 5.41 Å². The minimum absolute atomic E-state index is 0.0687. The predicted molar refractivity (Wildman–Crippen MR) is 94.2 cm³/mol. The lowest BCUT2D eigenvalue weighted by Crippen LogP contribution is -2.00. The van der Waals surface area contributed by atoms with Gasteiger partial charge in [0.1, 0.15) is 5.75 Å². The van der Waals surface area contributed by atoms with Crippen molar-refractivity contribution in [3.63, 3.8) is 0 Å². The first kappa shape index (κ1) is 17.9. The normalized spacial score (nSPS) is 11.5. The van der Waals surface area contributed by atoms with Crippen molar-refractivity contribution >= 4 is 15.9 Å². The molecule has 0 fully saturated rings. The third kappa shape index (κ3) is 4.76. The number of hydrogen-bond acceptors (Lipinski definition) is 5. The maximum atomic E-state index is 12.2. The van der Waals surface area contributed by atoms with E-state index in [0.29, 0.717) is 28.4 Å². The minimum Gasteiger partial charge on any atom is -0.497 e. The fourth-order valence-corrected chi connectivity index (χ4v) is 3.26. The number of sulfone groups is 1. The molecular formula is C18H20O5S. The Morgan fingerprint density at radius 2 is 1.54 bits per heavy atom. The molecule has 5 nitrogen and oxygen atoms in total. The Morgan fingerprint density at radius 1 is 0.875 bits per heavy atom. The highest BCUT2D eigenvalue weighted by atomic mass is 32.2. The fraction of sp³-hybridized carbons (Fsp3) is 0.222. The molecule has 6 heteroatoms. The molecule has 24 heavy (non-hydrogen) atoms. The molecule has 0 aliphatic rings. The van der Waals surface area contributed by atoms with Crippen LogP contribution < -0.4 is 14.2 Å². The van der Waals surface area contributed by atoms with Gasteiger partial charge in [-0.05, 0) is 41.5 Å². The van der Waals surface area contributed by atoms with Crippen LogP contribution in [-0.2, 0) is 15.6 Å². The van der Waals surface area contributed by atoms with Gasteiger partial charge < -0.3 is 14.2 Å². The molecule has 0 saturated carbocycles. The molecule has 0 radical (unpaired) electrons. The Balaban J connectivity index is 2.14. The zero-order valence-electron chi connectivity index (χ0n) is 13.9. The molecule has 0 N–H and O–H groups in total. The molecule has 0 aliphatic carbocycles. The molecule has 0 amide bonds. The Bertz CT molecular complexity index is 808. The minimum atomic E-state index is -3.38. The van der Waals surface area contributed by atoms with E-state index in [1.54, 1.807) is 62.8 Å². The highest BCUT2D eigenvalue weighted by molar-refractivity contribution is 7.93. The summed E-state index contributed by atoms with van der Waals surface area (Å²) in [5.74, 6) is 1.76. The SMILES string of the molecule is COc1ccc(CS(=O)(=O)C=Cc2ccc(OC)c(OC)c2)cc1. The summed E-state index contributed by atoms with van der Waals surface area (Å²) >= 11 is 0. The van der Waals surface area contributed by atoms with Crippen LogP contribution in [0.15, 0.2) is 47.9 Å². The van der Waals surface area contributed by atoms with Crippen molar-refractivity contribution in [2.45, 2.75) is 5.75 Å². The molecule has 0 aliphatic heterocycles. The van der Waals surface area contributed by atoms with Gasteiger partial charge in [-0.3, -0.25) is 0 Å². The van der Waals surface area contributed by atoms with Crippen LogP contribution in [0.2, 0.25) is 0 Å². The lowest BCUT2D eigenvalue weighted by atomic mass is 10.2. The van der Waals surface area contributed by atoms with Crippen molar-refractivity contribution in [1.29, 1.82) is 0 Å². The van der Waals surface area contributed by atoms with E-state index in [9.17, 15) is 8.42 Å². The fourth-order valence-electron chi connectivity index (χ4n) is 2.14. The van der Waals surface area contributed by atoms with E-state index in [0.717, 1.165) is 0 Å². The highest BCUT2D eigenvalue weighted by Gasteiger charge is 2.09. The number of methoxy groups -OCH3 is 3. The maximum Gasteiger partial charge on any atom is 0.175 e. The smallest absolute Gasteiger partial charge is 0.175 e. The molecule has 2 aromatic carbocycles. The van der Waals surface area contributed by atoms with E-state index in [-0.39, 0.29) is 5.75 Å². The largest absolute Gasteiger partial charge is 0.497 e. The molecule has 2 aromatic rings. The van der Waals surface area contributed by atoms with Gasteiger partial charge >= 0.3 is 0 Å². The van der Waals surface area contributed by atoms with Crippen LogP contribution in [0.25, 0.3) is 6.08 Å². The number of ether oxygens (including phenoxy) is 3. The summed E-state index contributed by atoms with van der Waals surface area (Å²) in [6, 6.07) is 12.2. The van der Waals surface area contributed by atoms with Crippen molar-refractivity contribution in [2.24, 2.45) is 0 Å². The van der Waals surface area contributed by atoms with E-state index in [4.69, 9.17) is 14.2 Å². The van der Waals surface area contributed by atoms with Crippen molar-refractivity contribution in [3.05, 3.63) is 59.0 Å². The number of hydrogen-bond donors (Lipinski definition) is 0. The molecule has 0 atom stereocenters. The van der Waals surface area contributed by atoms with Crippen molar-refractivity contribution < 1.29 is 22.6 Å². The first-order chi connectivity index (χ1) is 11.5. The van der Waals surface area contributed by atoms with Gasteiger partial charge in [0.25, 0.3) is 0 Å². The first-order valence-corrected chi connectivity index (χ1v) is 8.95. The van der Waals surface area contributed by atoms with Crippen molar-refractivity contribution in [3.8, 4) is 17.2 Å². The van der Waals surface area contributed by atoms with Gasteiger partial charge in [-0.15, -0.1) is 0 Å². The van der Waals surface area contributed by atoms with Gasteiger partial charge in [-0.2, -0.15) is 0 Å². The Labute approximate surface area is 142 Å². The second kappa shape index (κ2) is 7.88. The Hall–Kier alpha value is -2.47. The van der Waals surface area contributed by atoms with Crippen LogP contribution in [0, 0.1) is 0 Å². The Kier molecular flexibility index (Phi) is 5.87. The van der Waals surface area contributed by atoms with E-state index < -0.39 is 9.84 Å². The number of rotatable bonds is 7. The monoisotopic (exact) mass is 348 g/mol. The summed E-state index contributed by atoms with van der Waals surface area (Å²) in [4.78, 5) is 0. The molecule has 0 unspecified atom stereocenters. The molecule has 0 heterocycles. The van der Waals surface area contributed by atoms with Crippen molar-refractivity contribution in [1.82, 2.24) is 0 Å². The average Bonchev–Trinajstić information content (AvgIpc) is 2.60. The first-order valence-electron chi connectivity index (χ1n) is 7.23. The van der Waals surface area contributed by atoms with E-state index in [1.165, 1.54) is 12.5 Å². The van der Waals surface area contributed by atoms with Gasteiger partial charge in [0.05, 0.1) is 27.1 Å². The molecular weight excluding hydrogens is 328 g/mol. The summed E-state index contributed by atoms with van der Waals surface area (Å²) in [5.41, 5.74) is 1.42. The predicted octanol–water partition coefficient (Wildman–Crippen LogP) is 3.30.